The maximum Gasteiger partial charge on any atom is 0.326 e. The molecule has 3 aliphatic rings. The zero-order chi connectivity index (χ0) is 14.7. The van der Waals surface area contributed by atoms with Gasteiger partial charge in [-0.25, -0.2) is 0 Å². The Balaban J connectivity index is 1.56. The third kappa shape index (κ3) is 3.78. The number of rotatable bonds is 6. The van der Waals surface area contributed by atoms with Crippen molar-refractivity contribution in [2.45, 2.75) is 81.9 Å². The van der Waals surface area contributed by atoms with Crippen LogP contribution in [-0.2, 0) is 14.3 Å². The number of ether oxygens (including phenoxy) is 2. The van der Waals surface area contributed by atoms with Gasteiger partial charge in [0.25, 0.3) is 0 Å². The molecule has 3 fully saturated rings. The molecule has 0 aromatic heterocycles. The molecule has 0 spiro atoms. The number of nitrogens with one attached hydrogen (secondary N) is 1. The fourth-order valence-corrected chi connectivity index (χ4v) is 4.00. The second-order valence-corrected chi connectivity index (χ2v) is 7.19. The fraction of sp³-hybridized carbons (Fsp3) is 0.941. The van der Waals surface area contributed by atoms with Gasteiger partial charge in [0.1, 0.15) is 5.54 Å². The summed E-state index contributed by atoms with van der Waals surface area (Å²) in [6.07, 6.45) is 11.7. The highest BCUT2D eigenvalue weighted by atomic mass is 16.5. The predicted octanol–water partition coefficient (Wildman–Crippen LogP) is 2.80. The molecule has 4 nitrogen and oxygen atoms in total. The number of carbonyl (C=O) groups excluding carboxylic acids is 1. The fourth-order valence-electron chi connectivity index (χ4n) is 4.00. The van der Waals surface area contributed by atoms with Crippen LogP contribution in [0.4, 0.5) is 0 Å². The second-order valence-electron chi connectivity index (χ2n) is 7.19. The highest BCUT2D eigenvalue weighted by Crippen LogP contribution is 2.35. The van der Waals surface area contributed by atoms with Crippen molar-refractivity contribution in [3.8, 4) is 0 Å². The van der Waals surface area contributed by atoms with E-state index in [1.807, 2.05) is 0 Å². The largest absolute Gasteiger partial charge is 0.468 e. The van der Waals surface area contributed by atoms with Crippen molar-refractivity contribution in [1.29, 1.82) is 0 Å². The van der Waals surface area contributed by atoms with Crippen LogP contribution in [0.25, 0.3) is 0 Å². The summed E-state index contributed by atoms with van der Waals surface area (Å²) in [7, 11) is 1.50. The molecule has 0 saturated heterocycles. The minimum absolute atomic E-state index is 0.0939. The summed E-state index contributed by atoms with van der Waals surface area (Å²) in [4.78, 5) is 12.3. The third-order valence-corrected chi connectivity index (χ3v) is 5.38. The number of esters is 1. The van der Waals surface area contributed by atoms with Crippen LogP contribution < -0.4 is 5.32 Å². The van der Waals surface area contributed by atoms with Crippen LogP contribution in [0, 0.1) is 5.92 Å². The summed E-state index contributed by atoms with van der Waals surface area (Å²) in [6.45, 7) is 0.880. The summed E-state index contributed by atoms with van der Waals surface area (Å²) in [5.41, 5.74) is -0.492. The van der Waals surface area contributed by atoms with E-state index in [4.69, 9.17) is 9.47 Å². The van der Waals surface area contributed by atoms with Gasteiger partial charge >= 0.3 is 5.97 Å². The van der Waals surface area contributed by atoms with Crippen molar-refractivity contribution in [1.82, 2.24) is 5.32 Å². The van der Waals surface area contributed by atoms with E-state index in [0.29, 0.717) is 6.04 Å². The molecule has 0 aliphatic heterocycles. The maximum atomic E-state index is 12.3. The first-order valence-electron chi connectivity index (χ1n) is 8.69. The first kappa shape index (κ1) is 15.3. The molecule has 2 atom stereocenters. The molecule has 21 heavy (non-hydrogen) atoms. The predicted molar refractivity (Wildman–Crippen MR) is 81.1 cm³/mol. The summed E-state index contributed by atoms with van der Waals surface area (Å²) >= 11 is 0. The lowest BCUT2D eigenvalue weighted by atomic mass is 9.79. The van der Waals surface area contributed by atoms with Gasteiger partial charge in [0, 0.05) is 19.1 Å². The van der Waals surface area contributed by atoms with E-state index in [2.05, 4.69) is 5.32 Å². The van der Waals surface area contributed by atoms with Crippen LogP contribution in [0.3, 0.4) is 0 Å². The van der Waals surface area contributed by atoms with Crippen molar-refractivity contribution in [3.63, 3.8) is 0 Å². The Hall–Kier alpha value is -0.610. The van der Waals surface area contributed by atoms with E-state index >= 15 is 0 Å². The summed E-state index contributed by atoms with van der Waals surface area (Å²) in [5.74, 6) is 0.652. The Labute approximate surface area is 127 Å². The molecule has 3 saturated carbocycles. The number of methoxy groups -OCH3 is 1. The van der Waals surface area contributed by atoms with Crippen molar-refractivity contribution in [2.24, 2.45) is 5.92 Å². The highest BCUT2D eigenvalue weighted by molar-refractivity contribution is 5.81. The molecule has 120 valence electrons. The minimum Gasteiger partial charge on any atom is -0.468 e. The molecule has 0 bridgehead atoms. The van der Waals surface area contributed by atoms with E-state index in [1.165, 1.54) is 45.6 Å². The number of carbonyl (C=O) groups is 1. The topological polar surface area (TPSA) is 47.6 Å². The lowest BCUT2D eigenvalue weighted by Crippen LogP contribution is -2.57. The number of hydrogen-bond acceptors (Lipinski definition) is 4. The molecule has 3 aliphatic carbocycles. The van der Waals surface area contributed by atoms with Crippen LogP contribution in [0.1, 0.15) is 64.2 Å². The normalized spacial score (nSPS) is 34.0. The van der Waals surface area contributed by atoms with Gasteiger partial charge in [-0.15, -0.1) is 0 Å². The molecule has 3 rings (SSSR count). The number of hydrogen-bond donors (Lipinski definition) is 1. The Bertz CT molecular complexity index is 363. The molecule has 0 aromatic carbocycles. The van der Waals surface area contributed by atoms with E-state index in [-0.39, 0.29) is 12.1 Å². The Morgan fingerprint density at radius 3 is 2.57 bits per heavy atom. The van der Waals surface area contributed by atoms with Crippen LogP contribution in [0.5, 0.6) is 0 Å². The minimum atomic E-state index is -0.492. The molecule has 1 N–H and O–H groups in total. The summed E-state index contributed by atoms with van der Waals surface area (Å²) in [5, 5.41) is 3.56. The average Bonchev–Trinajstić information content (AvgIpc) is 3.16. The van der Waals surface area contributed by atoms with E-state index in [0.717, 1.165) is 38.2 Å². The molecule has 0 amide bonds. The highest BCUT2D eigenvalue weighted by Gasteiger charge is 2.47. The standard InChI is InChI=1S/C17H29NO3/c1-20-16(19)17(18-14-8-9-14)10-4-7-15(11-17)21-12-13-5-2-3-6-13/h13-15,18H,2-12H2,1H3. The molecular formula is C17H29NO3. The maximum absolute atomic E-state index is 12.3. The second kappa shape index (κ2) is 6.66. The van der Waals surface area contributed by atoms with Gasteiger partial charge in [-0.1, -0.05) is 12.8 Å². The van der Waals surface area contributed by atoms with E-state index in [9.17, 15) is 4.79 Å². The smallest absolute Gasteiger partial charge is 0.326 e. The van der Waals surface area contributed by atoms with Gasteiger partial charge in [-0.3, -0.25) is 10.1 Å². The van der Waals surface area contributed by atoms with Crippen molar-refractivity contribution in [3.05, 3.63) is 0 Å². The average molecular weight is 295 g/mol. The Morgan fingerprint density at radius 2 is 1.90 bits per heavy atom. The lowest BCUT2D eigenvalue weighted by molar-refractivity contribution is -0.153. The van der Waals surface area contributed by atoms with Gasteiger partial charge in [-0.05, 0) is 50.9 Å². The summed E-state index contributed by atoms with van der Waals surface area (Å²) in [6, 6.07) is 0.512. The first-order chi connectivity index (χ1) is 10.2. The monoisotopic (exact) mass is 295 g/mol. The van der Waals surface area contributed by atoms with Gasteiger partial charge in [0.05, 0.1) is 13.2 Å². The van der Waals surface area contributed by atoms with Crippen LogP contribution in [0.15, 0.2) is 0 Å². The molecule has 0 heterocycles. The van der Waals surface area contributed by atoms with Crippen molar-refractivity contribution >= 4 is 5.97 Å². The zero-order valence-electron chi connectivity index (χ0n) is 13.2. The molecule has 4 heteroatoms. The van der Waals surface area contributed by atoms with Gasteiger partial charge in [0.15, 0.2) is 0 Å². The third-order valence-electron chi connectivity index (χ3n) is 5.38. The first-order valence-corrected chi connectivity index (χ1v) is 8.69. The SMILES string of the molecule is COC(=O)C1(NC2CC2)CCCC(OCC2CCCC2)C1. The zero-order valence-corrected chi connectivity index (χ0v) is 13.2. The molecule has 0 aromatic rings. The molecule has 2 unspecified atom stereocenters. The van der Waals surface area contributed by atoms with Gasteiger partial charge in [-0.2, -0.15) is 0 Å². The van der Waals surface area contributed by atoms with Gasteiger partial charge in [0.2, 0.25) is 0 Å². The van der Waals surface area contributed by atoms with Crippen LogP contribution in [-0.4, -0.2) is 37.4 Å². The van der Waals surface area contributed by atoms with Crippen LogP contribution in [0.2, 0.25) is 0 Å². The molecular weight excluding hydrogens is 266 g/mol. The van der Waals surface area contributed by atoms with E-state index in [1.54, 1.807) is 0 Å². The lowest BCUT2D eigenvalue weighted by Gasteiger charge is -2.39. The van der Waals surface area contributed by atoms with Crippen molar-refractivity contribution < 1.29 is 14.3 Å². The Morgan fingerprint density at radius 1 is 1.14 bits per heavy atom. The van der Waals surface area contributed by atoms with Crippen molar-refractivity contribution in [2.75, 3.05) is 13.7 Å². The Kier molecular flexibility index (Phi) is 4.85. The van der Waals surface area contributed by atoms with E-state index < -0.39 is 5.54 Å². The van der Waals surface area contributed by atoms with Crippen LogP contribution >= 0.6 is 0 Å². The quantitative estimate of drug-likeness (QED) is 0.766. The summed E-state index contributed by atoms with van der Waals surface area (Å²) < 4.78 is 11.3. The molecule has 0 radical (unpaired) electrons. The van der Waals surface area contributed by atoms with Gasteiger partial charge < -0.3 is 9.47 Å².